The minimum atomic E-state index is 0.342. The first-order valence-electron chi connectivity index (χ1n) is 6.69. The molecule has 1 aromatic carbocycles. The highest BCUT2D eigenvalue weighted by Gasteiger charge is 2.09. The van der Waals surface area contributed by atoms with Crippen LogP contribution in [-0.2, 0) is 6.42 Å². The Morgan fingerprint density at radius 1 is 1.25 bits per heavy atom. The van der Waals surface area contributed by atoms with Crippen LogP contribution in [0.1, 0.15) is 12.5 Å². The Kier molecular flexibility index (Phi) is 3.83. The molecule has 20 heavy (non-hydrogen) atoms. The summed E-state index contributed by atoms with van der Waals surface area (Å²) >= 11 is 1.74. The zero-order valence-electron chi connectivity index (χ0n) is 11.4. The van der Waals surface area contributed by atoms with Crippen molar-refractivity contribution in [3.8, 4) is 5.69 Å². The second-order valence-corrected chi connectivity index (χ2v) is 5.62. The Morgan fingerprint density at radius 2 is 2.10 bits per heavy atom. The molecule has 0 saturated carbocycles. The molecule has 0 bridgehead atoms. The molecule has 0 aliphatic rings. The Morgan fingerprint density at radius 3 is 2.85 bits per heavy atom. The van der Waals surface area contributed by atoms with Gasteiger partial charge in [0.25, 0.3) is 0 Å². The van der Waals surface area contributed by atoms with Crippen LogP contribution in [0.4, 0.5) is 5.95 Å². The highest BCUT2D eigenvalue weighted by molar-refractivity contribution is 7.07. The lowest BCUT2D eigenvalue weighted by Gasteiger charge is -2.15. The van der Waals surface area contributed by atoms with Crippen molar-refractivity contribution in [3.63, 3.8) is 0 Å². The number of benzene rings is 1. The number of aromatic nitrogens is 2. The zero-order valence-corrected chi connectivity index (χ0v) is 12.2. The van der Waals surface area contributed by atoms with Gasteiger partial charge in [-0.15, -0.1) is 0 Å². The second kappa shape index (κ2) is 5.92. The van der Waals surface area contributed by atoms with Gasteiger partial charge in [-0.05, 0) is 47.9 Å². The monoisotopic (exact) mass is 283 g/mol. The maximum absolute atomic E-state index is 4.42. The minimum absolute atomic E-state index is 0.342. The fourth-order valence-electron chi connectivity index (χ4n) is 2.24. The standard InChI is InChI=1S/C16H17N3S/c1-13(11-14-7-10-20-12-14)18-16-17-8-9-19(16)15-5-3-2-4-6-15/h2-10,12-13H,11H2,1H3,(H,17,18). The van der Waals surface area contributed by atoms with Gasteiger partial charge < -0.3 is 5.32 Å². The molecule has 0 aliphatic carbocycles. The lowest BCUT2D eigenvalue weighted by Crippen LogP contribution is -2.20. The van der Waals surface area contributed by atoms with Gasteiger partial charge in [0.2, 0.25) is 5.95 Å². The van der Waals surface area contributed by atoms with Gasteiger partial charge in [0.1, 0.15) is 0 Å². The number of imidazole rings is 1. The highest BCUT2D eigenvalue weighted by Crippen LogP contribution is 2.16. The van der Waals surface area contributed by atoms with E-state index in [1.165, 1.54) is 5.56 Å². The van der Waals surface area contributed by atoms with Crippen LogP contribution >= 0.6 is 11.3 Å². The predicted molar refractivity (Wildman–Crippen MR) is 84.7 cm³/mol. The Bertz CT molecular complexity index is 643. The quantitative estimate of drug-likeness (QED) is 0.767. The number of para-hydroxylation sites is 1. The number of rotatable bonds is 5. The number of anilines is 1. The van der Waals surface area contributed by atoms with Gasteiger partial charge in [-0.25, -0.2) is 4.98 Å². The van der Waals surface area contributed by atoms with E-state index in [1.807, 2.05) is 30.6 Å². The van der Waals surface area contributed by atoms with Crippen molar-refractivity contribution in [2.75, 3.05) is 5.32 Å². The van der Waals surface area contributed by atoms with Gasteiger partial charge in [0.15, 0.2) is 0 Å². The number of thiophene rings is 1. The topological polar surface area (TPSA) is 29.9 Å². The summed E-state index contributed by atoms with van der Waals surface area (Å²) < 4.78 is 2.07. The summed E-state index contributed by atoms with van der Waals surface area (Å²) in [5.74, 6) is 0.888. The predicted octanol–water partition coefficient (Wildman–Crippen LogP) is 3.98. The molecule has 4 heteroatoms. The Labute approximate surface area is 122 Å². The minimum Gasteiger partial charge on any atom is -0.353 e. The molecule has 1 unspecified atom stereocenters. The van der Waals surface area contributed by atoms with E-state index < -0.39 is 0 Å². The molecule has 1 N–H and O–H groups in total. The van der Waals surface area contributed by atoms with Gasteiger partial charge in [-0.3, -0.25) is 4.57 Å². The van der Waals surface area contributed by atoms with Crippen molar-refractivity contribution in [1.82, 2.24) is 9.55 Å². The van der Waals surface area contributed by atoms with E-state index in [9.17, 15) is 0 Å². The van der Waals surface area contributed by atoms with E-state index in [1.54, 1.807) is 11.3 Å². The molecule has 3 rings (SSSR count). The van der Waals surface area contributed by atoms with Crippen LogP contribution in [0.3, 0.4) is 0 Å². The van der Waals surface area contributed by atoms with Crippen LogP contribution in [0.5, 0.6) is 0 Å². The molecular formula is C16H17N3S. The Hall–Kier alpha value is -2.07. The van der Waals surface area contributed by atoms with E-state index in [-0.39, 0.29) is 0 Å². The van der Waals surface area contributed by atoms with Crippen molar-refractivity contribution in [2.45, 2.75) is 19.4 Å². The lowest BCUT2D eigenvalue weighted by molar-refractivity contribution is 0.775. The molecule has 102 valence electrons. The largest absolute Gasteiger partial charge is 0.353 e. The van der Waals surface area contributed by atoms with E-state index in [2.05, 4.69) is 50.8 Å². The third-order valence-corrected chi connectivity index (χ3v) is 3.90. The van der Waals surface area contributed by atoms with Crippen LogP contribution in [0, 0.1) is 0 Å². The summed E-state index contributed by atoms with van der Waals surface area (Å²) in [4.78, 5) is 4.42. The number of hydrogen-bond acceptors (Lipinski definition) is 3. The lowest BCUT2D eigenvalue weighted by atomic mass is 10.1. The van der Waals surface area contributed by atoms with Crippen LogP contribution in [0.2, 0.25) is 0 Å². The molecule has 0 aliphatic heterocycles. The molecule has 2 aromatic heterocycles. The second-order valence-electron chi connectivity index (χ2n) is 4.84. The molecule has 0 radical (unpaired) electrons. The van der Waals surface area contributed by atoms with Crippen molar-refractivity contribution in [3.05, 3.63) is 65.1 Å². The van der Waals surface area contributed by atoms with Crippen LogP contribution in [0.25, 0.3) is 5.69 Å². The maximum Gasteiger partial charge on any atom is 0.207 e. The third-order valence-electron chi connectivity index (χ3n) is 3.17. The number of hydrogen-bond donors (Lipinski definition) is 1. The number of nitrogens with zero attached hydrogens (tertiary/aromatic N) is 2. The van der Waals surface area contributed by atoms with Crippen LogP contribution in [-0.4, -0.2) is 15.6 Å². The van der Waals surface area contributed by atoms with Crippen molar-refractivity contribution < 1.29 is 0 Å². The molecule has 2 heterocycles. The molecule has 1 atom stereocenters. The van der Waals surface area contributed by atoms with Gasteiger partial charge >= 0.3 is 0 Å². The molecule has 0 spiro atoms. The molecule has 0 amide bonds. The van der Waals surface area contributed by atoms with Crippen LogP contribution < -0.4 is 5.32 Å². The third kappa shape index (κ3) is 2.91. The maximum atomic E-state index is 4.42. The van der Waals surface area contributed by atoms with E-state index in [0.29, 0.717) is 6.04 Å². The van der Waals surface area contributed by atoms with Gasteiger partial charge in [0.05, 0.1) is 0 Å². The van der Waals surface area contributed by atoms with Gasteiger partial charge in [-0.2, -0.15) is 11.3 Å². The first kappa shape index (κ1) is 12.9. The van der Waals surface area contributed by atoms with Gasteiger partial charge in [0, 0.05) is 24.1 Å². The summed E-state index contributed by atoms with van der Waals surface area (Å²) in [6.45, 7) is 2.18. The molecule has 3 aromatic rings. The van der Waals surface area contributed by atoms with Crippen molar-refractivity contribution in [2.24, 2.45) is 0 Å². The first-order valence-corrected chi connectivity index (χ1v) is 7.63. The van der Waals surface area contributed by atoms with E-state index in [0.717, 1.165) is 18.1 Å². The highest BCUT2D eigenvalue weighted by atomic mass is 32.1. The smallest absolute Gasteiger partial charge is 0.207 e. The summed E-state index contributed by atoms with van der Waals surface area (Å²) in [6, 6.07) is 12.8. The Balaban J connectivity index is 1.74. The van der Waals surface area contributed by atoms with Crippen LogP contribution in [0.15, 0.2) is 59.6 Å². The molecule has 3 nitrogen and oxygen atoms in total. The molecule has 0 saturated heterocycles. The summed E-state index contributed by atoms with van der Waals surface area (Å²) in [5, 5.41) is 7.80. The average molecular weight is 283 g/mol. The fourth-order valence-corrected chi connectivity index (χ4v) is 2.92. The summed E-state index contributed by atoms with van der Waals surface area (Å²) in [6.07, 6.45) is 4.81. The van der Waals surface area contributed by atoms with Gasteiger partial charge in [-0.1, -0.05) is 18.2 Å². The zero-order chi connectivity index (χ0) is 13.8. The summed E-state index contributed by atoms with van der Waals surface area (Å²) in [5.41, 5.74) is 2.49. The normalized spacial score (nSPS) is 12.2. The number of nitrogens with one attached hydrogen (secondary N) is 1. The molecule has 0 fully saturated rings. The SMILES string of the molecule is CC(Cc1ccsc1)Nc1nccn1-c1ccccc1. The molecular weight excluding hydrogens is 266 g/mol. The van der Waals surface area contributed by atoms with Crippen molar-refractivity contribution >= 4 is 17.3 Å². The fraction of sp³-hybridized carbons (Fsp3) is 0.188. The summed E-state index contributed by atoms with van der Waals surface area (Å²) in [7, 11) is 0. The van der Waals surface area contributed by atoms with Crippen molar-refractivity contribution in [1.29, 1.82) is 0 Å². The first-order chi connectivity index (χ1) is 9.83. The average Bonchev–Trinajstić information content (AvgIpc) is 3.11. The van der Waals surface area contributed by atoms with E-state index in [4.69, 9.17) is 0 Å². The van der Waals surface area contributed by atoms with E-state index >= 15 is 0 Å².